The molecule has 0 nitrogen and oxygen atoms in total. The van der Waals surface area contributed by atoms with Crippen LogP contribution in [-0.4, -0.2) is 0 Å². The van der Waals surface area contributed by atoms with E-state index in [1.54, 1.807) is 0 Å². The van der Waals surface area contributed by atoms with Gasteiger partial charge in [0.15, 0.2) is 0 Å². The maximum absolute atomic E-state index is 2.41. The van der Waals surface area contributed by atoms with Crippen LogP contribution in [0.15, 0.2) is 84.9 Å². The Morgan fingerprint density at radius 3 is 1.28 bits per heavy atom. The molecule has 36 heavy (non-hydrogen) atoms. The Morgan fingerprint density at radius 2 is 0.972 bits per heavy atom. The van der Waals surface area contributed by atoms with Crippen LogP contribution in [0, 0.1) is 44.4 Å². The van der Waals surface area contributed by atoms with E-state index < -0.39 is 0 Å². The van der Waals surface area contributed by atoms with Gasteiger partial charge in [0.1, 0.15) is 0 Å². The molecule has 1 unspecified atom stereocenters. The molecule has 1 fully saturated rings. The van der Waals surface area contributed by atoms with Crippen LogP contribution >= 0.6 is 0 Å². The van der Waals surface area contributed by atoms with Gasteiger partial charge < -0.3 is 0 Å². The summed E-state index contributed by atoms with van der Waals surface area (Å²) in [5, 5.41) is 2.75. The lowest BCUT2D eigenvalue weighted by molar-refractivity contribution is 0.116. The number of hydrogen-bond donors (Lipinski definition) is 0. The predicted octanol–water partition coefficient (Wildman–Crippen LogP) is 10.9. The fourth-order valence-corrected chi connectivity index (χ4v) is 5.43. The first kappa shape index (κ1) is 27.7. The molecule has 0 bridgehead atoms. The van der Waals surface area contributed by atoms with Gasteiger partial charge in [-0.15, -0.1) is 0 Å². The lowest BCUT2D eigenvalue weighted by Crippen LogP contribution is -2.30. The van der Waals surface area contributed by atoms with E-state index in [1.165, 1.54) is 57.0 Å². The van der Waals surface area contributed by atoms with Gasteiger partial charge in [-0.25, -0.2) is 0 Å². The van der Waals surface area contributed by atoms with Crippen LogP contribution in [-0.2, 0) is 0 Å². The topological polar surface area (TPSA) is 0 Å². The zero-order chi connectivity index (χ0) is 26.5. The predicted molar refractivity (Wildman–Crippen MR) is 161 cm³/mol. The summed E-state index contributed by atoms with van der Waals surface area (Å²) in [7, 11) is 0. The molecule has 0 aromatic heterocycles. The molecule has 4 aromatic rings. The Kier molecular flexibility index (Phi) is 8.83. The molecular formula is C36H46. The highest BCUT2D eigenvalue weighted by Gasteiger charge is 2.45. The van der Waals surface area contributed by atoms with Crippen molar-refractivity contribution in [3.05, 3.63) is 107 Å². The van der Waals surface area contributed by atoms with Gasteiger partial charge in [0.25, 0.3) is 0 Å². The first-order valence-electron chi connectivity index (χ1n) is 13.5. The number of benzene rings is 4. The van der Waals surface area contributed by atoms with Crippen LogP contribution in [0.1, 0.15) is 69.7 Å². The maximum Gasteiger partial charge on any atom is -0.0125 e. The molecule has 0 N–H and O–H groups in total. The van der Waals surface area contributed by atoms with Gasteiger partial charge in [0.2, 0.25) is 0 Å². The van der Waals surface area contributed by atoms with E-state index in [0.29, 0.717) is 10.8 Å². The molecule has 0 heteroatoms. The zero-order valence-corrected chi connectivity index (χ0v) is 24.1. The lowest BCUT2D eigenvalue weighted by Gasteiger charge is -2.37. The van der Waals surface area contributed by atoms with Crippen LogP contribution in [0.4, 0.5) is 0 Å². The standard InChI is InChI=1S/C14H14.C12H12.C10H20/c1-11-7-3-5-9-13(11)14-10-6-4-8-12(14)2;1-9-5-3-7-11-8-4-6-10(2)12(9)11;1-8-6-7-9(2,3)10(8,4)5/h3-10H,1-2H3;3-8H,1-2H3;8H,6-7H2,1-5H3. The Bertz CT molecular complexity index is 1210. The van der Waals surface area contributed by atoms with E-state index in [0.717, 1.165) is 5.92 Å². The summed E-state index contributed by atoms with van der Waals surface area (Å²) in [6.07, 6.45) is 2.82. The van der Waals surface area contributed by atoms with Crippen molar-refractivity contribution in [3.63, 3.8) is 0 Å². The van der Waals surface area contributed by atoms with E-state index in [-0.39, 0.29) is 0 Å². The first-order valence-corrected chi connectivity index (χ1v) is 13.5. The molecule has 1 saturated carbocycles. The fraction of sp³-hybridized carbons (Fsp3) is 0.389. The molecule has 5 rings (SSSR count). The highest BCUT2D eigenvalue weighted by Crippen LogP contribution is 2.55. The third kappa shape index (κ3) is 6.09. The number of aryl methyl sites for hydroxylation is 4. The van der Waals surface area contributed by atoms with Crippen LogP contribution in [0.5, 0.6) is 0 Å². The molecule has 0 spiro atoms. The molecule has 1 aliphatic rings. The van der Waals surface area contributed by atoms with Gasteiger partial charge in [-0.3, -0.25) is 0 Å². The van der Waals surface area contributed by atoms with Crippen molar-refractivity contribution in [2.75, 3.05) is 0 Å². The molecule has 1 atom stereocenters. The Balaban J connectivity index is 0.000000153. The Hall–Kier alpha value is -2.86. The first-order chi connectivity index (χ1) is 17.0. The van der Waals surface area contributed by atoms with Crippen molar-refractivity contribution in [3.8, 4) is 11.1 Å². The third-order valence-corrected chi connectivity index (χ3v) is 9.08. The van der Waals surface area contributed by atoms with Gasteiger partial charge >= 0.3 is 0 Å². The van der Waals surface area contributed by atoms with Crippen LogP contribution in [0.25, 0.3) is 21.9 Å². The number of hydrogen-bond acceptors (Lipinski definition) is 0. The van der Waals surface area contributed by atoms with Crippen LogP contribution in [0.3, 0.4) is 0 Å². The molecule has 0 aliphatic heterocycles. The van der Waals surface area contributed by atoms with Gasteiger partial charge in [-0.1, -0.05) is 120 Å². The molecule has 190 valence electrons. The zero-order valence-electron chi connectivity index (χ0n) is 24.1. The van der Waals surface area contributed by atoms with Crippen molar-refractivity contribution in [1.29, 1.82) is 0 Å². The molecule has 0 saturated heterocycles. The Morgan fingerprint density at radius 1 is 0.556 bits per heavy atom. The largest absolute Gasteiger partial charge is 0.0620 e. The molecule has 4 aromatic carbocycles. The van der Waals surface area contributed by atoms with Gasteiger partial charge in [-0.05, 0) is 101 Å². The van der Waals surface area contributed by atoms with Crippen LogP contribution in [0.2, 0.25) is 0 Å². The van der Waals surface area contributed by atoms with E-state index in [9.17, 15) is 0 Å². The number of rotatable bonds is 1. The summed E-state index contributed by atoms with van der Waals surface area (Å²) in [6.45, 7) is 20.6. The molecule has 0 amide bonds. The van der Waals surface area contributed by atoms with Crippen molar-refractivity contribution in [2.45, 2.75) is 75.2 Å². The van der Waals surface area contributed by atoms with Gasteiger partial charge in [0.05, 0.1) is 0 Å². The Labute approximate surface area is 220 Å². The summed E-state index contributed by atoms with van der Waals surface area (Å²) < 4.78 is 0. The minimum Gasteiger partial charge on any atom is -0.0620 e. The summed E-state index contributed by atoms with van der Waals surface area (Å²) in [5.41, 5.74) is 9.19. The van der Waals surface area contributed by atoms with Gasteiger partial charge in [0, 0.05) is 0 Å². The van der Waals surface area contributed by atoms with E-state index in [4.69, 9.17) is 0 Å². The smallest absolute Gasteiger partial charge is 0.0125 e. The van der Waals surface area contributed by atoms with E-state index in [1.807, 2.05) is 0 Å². The maximum atomic E-state index is 2.41. The summed E-state index contributed by atoms with van der Waals surface area (Å²) in [4.78, 5) is 0. The number of fused-ring (bicyclic) bond motifs is 1. The minimum atomic E-state index is 0.549. The summed E-state index contributed by atoms with van der Waals surface area (Å²) >= 11 is 0. The third-order valence-electron chi connectivity index (χ3n) is 9.08. The van der Waals surface area contributed by atoms with E-state index >= 15 is 0 Å². The van der Waals surface area contributed by atoms with Crippen molar-refractivity contribution in [2.24, 2.45) is 16.7 Å². The highest BCUT2D eigenvalue weighted by molar-refractivity contribution is 5.88. The normalized spacial score (nSPS) is 17.5. The van der Waals surface area contributed by atoms with Crippen molar-refractivity contribution >= 4 is 10.8 Å². The quantitative estimate of drug-likeness (QED) is 0.255. The fourth-order valence-electron chi connectivity index (χ4n) is 5.43. The SMILES string of the molecule is CC1CCC(C)(C)C1(C)C.Cc1cccc2cccc(C)c12.Cc1ccccc1-c1ccccc1C. The van der Waals surface area contributed by atoms with Gasteiger partial charge in [-0.2, -0.15) is 0 Å². The average Bonchev–Trinajstić information content (AvgIpc) is 3.02. The molecular weight excluding hydrogens is 432 g/mol. The van der Waals surface area contributed by atoms with Crippen molar-refractivity contribution < 1.29 is 0 Å². The monoisotopic (exact) mass is 478 g/mol. The second-order valence-corrected chi connectivity index (χ2v) is 11.9. The van der Waals surface area contributed by atoms with E-state index in [2.05, 4.69) is 147 Å². The second-order valence-electron chi connectivity index (χ2n) is 11.9. The summed E-state index contributed by atoms with van der Waals surface area (Å²) in [5.74, 6) is 0.905. The van der Waals surface area contributed by atoms with Crippen molar-refractivity contribution in [1.82, 2.24) is 0 Å². The lowest BCUT2D eigenvalue weighted by atomic mass is 9.67. The molecule has 0 heterocycles. The highest BCUT2D eigenvalue weighted by atomic mass is 14.5. The molecule has 0 radical (unpaired) electrons. The summed E-state index contributed by atoms with van der Waals surface area (Å²) in [6, 6.07) is 29.9. The molecule has 1 aliphatic carbocycles. The minimum absolute atomic E-state index is 0.549. The van der Waals surface area contributed by atoms with Crippen LogP contribution < -0.4 is 0 Å². The average molecular weight is 479 g/mol. The second kappa shape index (κ2) is 11.5.